The predicted molar refractivity (Wildman–Crippen MR) is 128 cm³/mol. The Labute approximate surface area is 193 Å². The quantitative estimate of drug-likeness (QED) is 0.609. The van der Waals surface area contributed by atoms with Crippen molar-refractivity contribution in [1.82, 2.24) is 19.4 Å². The SMILES string of the molecule is C[C@H](Nc1ncc2ccc(=O)n(CC(C)(C)C)c2n1)c1ccc(CN2CCOCC2)cc1F. The van der Waals surface area contributed by atoms with Gasteiger partial charge in [-0.3, -0.25) is 14.3 Å². The van der Waals surface area contributed by atoms with Crippen LogP contribution < -0.4 is 10.9 Å². The first-order valence-corrected chi connectivity index (χ1v) is 11.4. The molecule has 1 saturated heterocycles. The van der Waals surface area contributed by atoms with Crippen molar-refractivity contribution in [1.29, 1.82) is 0 Å². The number of halogens is 1. The lowest BCUT2D eigenvalue weighted by Gasteiger charge is -2.26. The molecule has 0 aliphatic carbocycles. The van der Waals surface area contributed by atoms with Crippen LogP contribution in [0.4, 0.5) is 10.3 Å². The van der Waals surface area contributed by atoms with E-state index in [0.717, 1.165) is 37.3 Å². The van der Waals surface area contributed by atoms with Crippen LogP contribution in [0.2, 0.25) is 0 Å². The van der Waals surface area contributed by atoms with E-state index in [0.29, 0.717) is 30.2 Å². The summed E-state index contributed by atoms with van der Waals surface area (Å²) in [5.74, 6) is 0.103. The predicted octanol–water partition coefficient (Wildman–Crippen LogP) is 3.98. The van der Waals surface area contributed by atoms with Crippen LogP contribution in [0.5, 0.6) is 0 Å². The molecule has 4 rings (SSSR count). The number of aromatic nitrogens is 3. The van der Waals surface area contributed by atoms with Crippen LogP contribution in [0.3, 0.4) is 0 Å². The summed E-state index contributed by atoms with van der Waals surface area (Å²) in [5.41, 5.74) is 1.87. The highest BCUT2D eigenvalue weighted by Crippen LogP contribution is 2.23. The molecule has 1 fully saturated rings. The Bertz CT molecular complexity index is 1180. The normalized spacial score (nSPS) is 16.2. The van der Waals surface area contributed by atoms with Crippen molar-refractivity contribution in [2.45, 2.75) is 46.8 Å². The van der Waals surface area contributed by atoms with E-state index in [1.807, 2.05) is 19.1 Å². The van der Waals surface area contributed by atoms with Gasteiger partial charge in [-0.25, -0.2) is 9.37 Å². The maximum absolute atomic E-state index is 14.9. The molecule has 0 bridgehead atoms. The summed E-state index contributed by atoms with van der Waals surface area (Å²) < 4.78 is 22.0. The fraction of sp³-hybridized carbons (Fsp3) is 0.480. The van der Waals surface area contributed by atoms with Crippen molar-refractivity contribution in [3.63, 3.8) is 0 Å². The highest BCUT2D eigenvalue weighted by molar-refractivity contribution is 5.75. The summed E-state index contributed by atoms with van der Waals surface area (Å²) in [6.45, 7) is 12.5. The summed E-state index contributed by atoms with van der Waals surface area (Å²) in [6.07, 6.45) is 1.69. The first kappa shape index (κ1) is 23.3. The van der Waals surface area contributed by atoms with E-state index in [1.165, 1.54) is 0 Å². The first-order chi connectivity index (χ1) is 15.7. The molecule has 1 aromatic carbocycles. The molecule has 0 saturated carbocycles. The van der Waals surface area contributed by atoms with Gasteiger partial charge in [-0.15, -0.1) is 0 Å². The molecule has 1 aliphatic rings. The van der Waals surface area contributed by atoms with Crippen molar-refractivity contribution in [2.75, 3.05) is 31.6 Å². The van der Waals surface area contributed by atoms with E-state index in [2.05, 4.69) is 41.0 Å². The molecule has 33 heavy (non-hydrogen) atoms. The molecule has 176 valence electrons. The van der Waals surface area contributed by atoms with Crippen molar-refractivity contribution in [3.05, 3.63) is 63.8 Å². The molecule has 0 spiro atoms. The Kier molecular flexibility index (Phi) is 6.76. The molecule has 0 radical (unpaired) electrons. The molecule has 2 aromatic heterocycles. The van der Waals surface area contributed by atoms with Crippen LogP contribution >= 0.6 is 0 Å². The van der Waals surface area contributed by atoms with E-state index in [-0.39, 0.29) is 22.8 Å². The minimum absolute atomic E-state index is 0.0873. The van der Waals surface area contributed by atoms with E-state index < -0.39 is 0 Å². The van der Waals surface area contributed by atoms with Crippen molar-refractivity contribution in [3.8, 4) is 0 Å². The Morgan fingerprint density at radius 3 is 2.64 bits per heavy atom. The van der Waals surface area contributed by atoms with Crippen LogP contribution in [0.25, 0.3) is 11.0 Å². The lowest BCUT2D eigenvalue weighted by molar-refractivity contribution is 0.0341. The molecule has 0 amide bonds. The fourth-order valence-corrected chi connectivity index (χ4v) is 4.08. The van der Waals surface area contributed by atoms with Crippen LogP contribution in [0, 0.1) is 11.2 Å². The largest absolute Gasteiger partial charge is 0.379 e. The first-order valence-electron chi connectivity index (χ1n) is 11.4. The summed E-state index contributed by atoms with van der Waals surface area (Å²) >= 11 is 0. The zero-order chi connectivity index (χ0) is 23.6. The van der Waals surface area contributed by atoms with Gasteiger partial charge in [-0.2, -0.15) is 4.98 Å². The summed E-state index contributed by atoms with van der Waals surface area (Å²) in [7, 11) is 0. The molecule has 3 aromatic rings. The third-order valence-electron chi connectivity index (χ3n) is 5.74. The molecule has 1 N–H and O–H groups in total. The van der Waals surface area contributed by atoms with Crippen LogP contribution in [-0.4, -0.2) is 45.7 Å². The van der Waals surface area contributed by atoms with Gasteiger partial charge in [0.05, 0.1) is 19.3 Å². The van der Waals surface area contributed by atoms with Gasteiger partial charge in [0.25, 0.3) is 5.56 Å². The van der Waals surface area contributed by atoms with E-state index in [4.69, 9.17) is 4.74 Å². The zero-order valence-electron chi connectivity index (χ0n) is 19.8. The smallest absolute Gasteiger partial charge is 0.252 e. The summed E-state index contributed by atoms with van der Waals surface area (Å²) in [5, 5.41) is 3.98. The second-order valence-corrected chi connectivity index (χ2v) is 9.90. The van der Waals surface area contributed by atoms with Gasteiger partial charge in [-0.1, -0.05) is 32.9 Å². The van der Waals surface area contributed by atoms with Gasteiger partial charge in [0.1, 0.15) is 11.5 Å². The number of fused-ring (bicyclic) bond motifs is 1. The summed E-state index contributed by atoms with van der Waals surface area (Å²) in [4.78, 5) is 23.8. The lowest BCUT2D eigenvalue weighted by Crippen LogP contribution is -2.35. The van der Waals surface area contributed by atoms with Crippen molar-refractivity contribution in [2.24, 2.45) is 5.41 Å². The number of morpholine rings is 1. The third kappa shape index (κ3) is 5.75. The molecule has 1 aliphatic heterocycles. The van der Waals surface area contributed by atoms with E-state index >= 15 is 0 Å². The highest BCUT2D eigenvalue weighted by atomic mass is 19.1. The average Bonchev–Trinajstić information content (AvgIpc) is 2.76. The molecule has 1 atom stereocenters. The monoisotopic (exact) mass is 453 g/mol. The van der Waals surface area contributed by atoms with Gasteiger partial charge >= 0.3 is 0 Å². The molecule has 7 nitrogen and oxygen atoms in total. The molecule has 0 unspecified atom stereocenters. The standard InChI is InChI=1S/C25H32FN5O2/c1-17(20-7-5-18(13-21(20)26)15-30-9-11-33-12-10-30)28-24-27-14-19-6-8-22(32)31(23(19)29-24)16-25(2,3)4/h5-8,13-14,17H,9-12,15-16H2,1-4H3,(H,27,28,29)/t17-/m0/s1. The summed E-state index contributed by atoms with van der Waals surface area (Å²) in [6, 6.07) is 8.32. The van der Waals surface area contributed by atoms with Gasteiger partial charge in [0, 0.05) is 49.4 Å². The number of nitrogens with one attached hydrogen (secondary N) is 1. The second kappa shape index (κ2) is 9.57. The Morgan fingerprint density at radius 2 is 1.94 bits per heavy atom. The third-order valence-corrected chi connectivity index (χ3v) is 5.74. The second-order valence-electron chi connectivity index (χ2n) is 9.90. The molecular weight excluding hydrogens is 421 g/mol. The zero-order valence-corrected chi connectivity index (χ0v) is 19.8. The van der Waals surface area contributed by atoms with Gasteiger partial charge in [0.2, 0.25) is 5.95 Å². The van der Waals surface area contributed by atoms with E-state index in [1.54, 1.807) is 29.0 Å². The number of hydrogen-bond donors (Lipinski definition) is 1. The Hall–Kier alpha value is -2.84. The van der Waals surface area contributed by atoms with Crippen molar-refractivity contribution < 1.29 is 9.13 Å². The van der Waals surface area contributed by atoms with E-state index in [9.17, 15) is 9.18 Å². The average molecular weight is 454 g/mol. The van der Waals surface area contributed by atoms with Crippen LogP contribution in [-0.2, 0) is 17.8 Å². The molecule has 8 heteroatoms. The maximum Gasteiger partial charge on any atom is 0.252 e. The van der Waals surface area contributed by atoms with Gasteiger partial charge < -0.3 is 10.1 Å². The maximum atomic E-state index is 14.9. The highest BCUT2D eigenvalue weighted by Gasteiger charge is 2.18. The number of hydrogen-bond acceptors (Lipinski definition) is 6. The topological polar surface area (TPSA) is 72.3 Å². The number of anilines is 1. The molecule has 3 heterocycles. The number of ether oxygens (including phenoxy) is 1. The number of rotatable bonds is 6. The Morgan fingerprint density at radius 1 is 1.18 bits per heavy atom. The van der Waals surface area contributed by atoms with Crippen molar-refractivity contribution >= 4 is 17.0 Å². The Balaban J connectivity index is 1.54. The number of pyridine rings is 1. The minimum Gasteiger partial charge on any atom is -0.379 e. The van der Waals surface area contributed by atoms with Gasteiger partial charge in [-0.05, 0) is 30.0 Å². The lowest BCUT2D eigenvalue weighted by atomic mass is 9.97. The van der Waals surface area contributed by atoms with Crippen LogP contribution in [0.15, 0.2) is 41.3 Å². The molecular formula is C25H32FN5O2. The van der Waals surface area contributed by atoms with Crippen LogP contribution in [0.1, 0.15) is 44.9 Å². The number of benzene rings is 1. The van der Waals surface area contributed by atoms with Gasteiger partial charge in [0.15, 0.2) is 0 Å². The minimum atomic E-state index is -0.341. The number of nitrogens with zero attached hydrogens (tertiary/aromatic N) is 4. The fourth-order valence-electron chi connectivity index (χ4n) is 4.08.